The molecule has 0 spiro atoms. The molecule has 2 aromatic heterocycles. The number of aryl methyl sites for hydroxylation is 1. The number of pyridine rings is 1. The standard InChI is InChI=1S/C21H23N5O2/c1-26-13-11-17(20(26)15-6-3-2-4-7-15)23-18(27)9-10-19-24-21(25-28-19)16-8-5-12-22-14-16/h2-8,12,14,17,20H,9-11,13H2,1H3,(H,23,27)/t17-,20-/m0/s1. The molecule has 28 heavy (non-hydrogen) atoms. The van der Waals surface area contributed by atoms with Crippen LogP contribution in [-0.2, 0) is 11.2 Å². The summed E-state index contributed by atoms with van der Waals surface area (Å²) in [6, 6.07) is 14.3. The van der Waals surface area contributed by atoms with Gasteiger partial charge in [0.1, 0.15) is 0 Å². The predicted octanol–water partition coefficient (Wildman–Crippen LogP) is 2.63. The highest BCUT2D eigenvalue weighted by Gasteiger charge is 2.33. The fourth-order valence-electron chi connectivity index (χ4n) is 3.70. The minimum absolute atomic E-state index is 0.00218. The van der Waals surface area contributed by atoms with Gasteiger partial charge < -0.3 is 9.84 Å². The molecule has 7 heteroatoms. The molecule has 3 heterocycles. The summed E-state index contributed by atoms with van der Waals surface area (Å²) in [6.45, 7) is 0.961. The number of hydrogen-bond acceptors (Lipinski definition) is 6. The van der Waals surface area contributed by atoms with Crippen molar-refractivity contribution in [3.8, 4) is 11.4 Å². The molecular formula is C21H23N5O2. The van der Waals surface area contributed by atoms with Crippen LogP contribution in [0.2, 0.25) is 0 Å². The first-order valence-electron chi connectivity index (χ1n) is 9.48. The number of carbonyl (C=O) groups is 1. The van der Waals surface area contributed by atoms with Gasteiger partial charge in [0.25, 0.3) is 0 Å². The first-order chi connectivity index (χ1) is 13.7. The van der Waals surface area contributed by atoms with Gasteiger partial charge in [0, 0.05) is 43.4 Å². The molecule has 7 nitrogen and oxygen atoms in total. The van der Waals surface area contributed by atoms with Gasteiger partial charge in [-0.15, -0.1) is 0 Å². The Hall–Kier alpha value is -3.06. The van der Waals surface area contributed by atoms with E-state index in [2.05, 4.69) is 44.5 Å². The van der Waals surface area contributed by atoms with Crippen molar-refractivity contribution < 1.29 is 9.32 Å². The summed E-state index contributed by atoms with van der Waals surface area (Å²) in [4.78, 5) is 23.2. The summed E-state index contributed by atoms with van der Waals surface area (Å²) in [5.74, 6) is 0.949. The summed E-state index contributed by atoms with van der Waals surface area (Å²) in [7, 11) is 2.10. The summed E-state index contributed by atoms with van der Waals surface area (Å²) in [6.07, 6.45) is 5.04. The van der Waals surface area contributed by atoms with Crippen molar-refractivity contribution in [3.63, 3.8) is 0 Å². The summed E-state index contributed by atoms with van der Waals surface area (Å²) in [5, 5.41) is 7.15. The van der Waals surface area contributed by atoms with Gasteiger partial charge >= 0.3 is 0 Å². The Kier molecular flexibility index (Phi) is 5.43. The highest BCUT2D eigenvalue weighted by Crippen LogP contribution is 2.30. The molecule has 1 N–H and O–H groups in total. The number of rotatable bonds is 6. The molecule has 0 saturated carbocycles. The first kappa shape index (κ1) is 18.3. The lowest BCUT2D eigenvalue weighted by atomic mass is 10.00. The van der Waals surface area contributed by atoms with E-state index < -0.39 is 0 Å². The zero-order chi connectivity index (χ0) is 19.3. The van der Waals surface area contributed by atoms with Crippen LogP contribution in [-0.4, -0.2) is 45.6 Å². The van der Waals surface area contributed by atoms with E-state index in [0.29, 0.717) is 24.6 Å². The van der Waals surface area contributed by atoms with E-state index in [4.69, 9.17) is 4.52 Å². The van der Waals surface area contributed by atoms with E-state index in [9.17, 15) is 4.79 Å². The van der Waals surface area contributed by atoms with Gasteiger partial charge in [-0.3, -0.25) is 14.7 Å². The molecule has 1 amide bonds. The van der Waals surface area contributed by atoms with Gasteiger partial charge in [0.2, 0.25) is 17.6 Å². The Balaban J connectivity index is 1.34. The van der Waals surface area contributed by atoms with Gasteiger partial charge in [0.05, 0.1) is 6.04 Å². The number of nitrogens with zero attached hydrogens (tertiary/aromatic N) is 4. The lowest BCUT2D eigenvalue weighted by Gasteiger charge is -2.26. The van der Waals surface area contributed by atoms with Crippen molar-refractivity contribution in [1.82, 2.24) is 25.3 Å². The van der Waals surface area contributed by atoms with E-state index in [0.717, 1.165) is 18.5 Å². The van der Waals surface area contributed by atoms with E-state index in [1.54, 1.807) is 12.4 Å². The van der Waals surface area contributed by atoms with Crippen molar-refractivity contribution in [3.05, 3.63) is 66.3 Å². The Morgan fingerprint density at radius 3 is 2.89 bits per heavy atom. The van der Waals surface area contributed by atoms with Crippen LogP contribution in [0.15, 0.2) is 59.4 Å². The lowest BCUT2D eigenvalue weighted by Crippen LogP contribution is -2.39. The SMILES string of the molecule is CN1CC[C@H](NC(=O)CCc2nc(-c3cccnc3)no2)[C@@H]1c1ccccc1. The second-order valence-corrected chi connectivity index (χ2v) is 7.05. The molecule has 1 aliphatic heterocycles. The number of nitrogens with one attached hydrogen (secondary N) is 1. The van der Waals surface area contributed by atoms with Crippen molar-refractivity contribution in [2.24, 2.45) is 0 Å². The maximum Gasteiger partial charge on any atom is 0.227 e. The number of benzene rings is 1. The average molecular weight is 377 g/mol. The number of amides is 1. The third-order valence-electron chi connectivity index (χ3n) is 5.09. The summed E-state index contributed by atoms with van der Waals surface area (Å²) in [5.41, 5.74) is 2.02. The van der Waals surface area contributed by atoms with Crippen LogP contribution in [0.4, 0.5) is 0 Å². The number of hydrogen-bond donors (Lipinski definition) is 1. The number of carbonyl (C=O) groups excluding carboxylic acids is 1. The summed E-state index contributed by atoms with van der Waals surface area (Å²) < 4.78 is 5.27. The number of likely N-dealkylation sites (N-methyl/N-ethyl adjacent to an activating group) is 1. The average Bonchev–Trinajstić information content (AvgIpc) is 3.35. The Labute approximate surface area is 163 Å². The van der Waals surface area contributed by atoms with Gasteiger partial charge in [-0.25, -0.2) is 0 Å². The zero-order valence-corrected chi connectivity index (χ0v) is 15.8. The molecule has 1 fully saturated rings. The zero-order valence-electron chi connectivity index (χ0n) is 15.8. The molecule has 144 valence electrons. The molecule has 0 bridgehead atoms. The Bertz CT molecular complexity index is 913. The smallest absolute Gasteiger partial charge is 0.227 e. The van der Waals surface area contributed by atoms with Gasteiger partial charge in [0.15, 0.2) is 0 Å². The molecule has 1 aliphatic rings. The highest BCUT2D eigenvalue weighted by molar-refractivity contribution is 5.76. The first-order valence-corrected chi connectivity index (χ1v) is 9.48. The minimum Gasteiger partial charge on any atom is -0.351 e. The van der Waals surface area contributed by atoms with E-state index in [-0.39, 0.29) is 18.0 Å². The van der Waals surface area contributed by atoms with Crippen molar-refractivity contribution in [1.29, 1.82) is 0 Å². The molecule has 1 aromatic carbocycles. The Morgan fingerprint density at radius 2 is 2.11 bits per heavy atom. The monoisotopic (exact) mass is 377 g/mol. The number of aromatic nitrogens is 3. The van der Waals surface area contributed by atoms with E-state index >= 15 is 0 Å². The van der Waals surface area contributed by atoms with Crippen LogP contribution in [0.3, 0.4) is 0 Å². The maximum atomic E-state index is 12.5. The molecule has 3 aromatic rings. The second-order valence-electron chi connectivity index (χ2n) is 7.05. The third kappa shape index (κ3) is 4.09. The van der Waals surface area contributed by atoms with E-state index in [1.807, 2.05) is 30.3 Å². The largest absolute Gasteiger partial charge is 0.351 e. The Morgan fingerprint density at radius 1 is 1.25 bits per heavy atom. The molecule has 0 radical (unpaired) electrons. The van der Waals surface area contributed by atoms with Crippen LogP contribution in [0.25, 0.3) is 11.4 Å². The minimum atomic E-state index is 0.00218. The van der Waals surface area contributed by atoms with Gasteiger partial charge in [-0.05, 0) is 31.2 Å². The van der Waals surface area contributed by atoms with Crippen molar-refractivity contribution in [2.75, 3.05) is 13.6 Å². The van der Waals surface area contributed by atoms with Crippen LogP contribution in [0.5, 0.6) is 0 Å². The third-order valence-corrected chi connectivity index (χ3v) is 5.09. The van der Waals surface area contributed by atoms with Crippen LogP contribution in [0, 0.1) is 0 Å². The topological polar surface area (TPSA) is 84.2 Å². The normalized spacial score (nSPS) is 19.6. The van der Waals surface area contributed by atoms with Crippen LogP contribution in [0.1, 0.15) is 30.3 Å². The second kappa shape index (κ2) is 8.31. The number of likely N-dealkylation sites (tertiary alicyclic amines) is 1. The van der Waals surface area contributed by atoms with Crippen molar-refractivity contribution >= 4 is 5.91 Å². The fraction of sp³-hybridized carbons (Fsp3) is 0.333. The quantitative estimate of drug-likeness (QED) is 0.711. The highest BCUT2D eigenvalue weighted by atomic mass is 16.5. The van der Waals surface area contributed by atoms with Gasteiger partial charge in [-0.2, -0.15) is 4.98 Å². The van der Waals surface area contributed by atoms with Gasteiger partial charge in [-0.1, -0.05) is 35.5 Å². The van der Waals surface area contributed by atoms with Crippen LogP contribution < -0.4 is 5.32 Å². The maximum absolute atomic E-state index is 12.5. The molecule has 4 rings (SSSR count). The molecule has 1 saturated heterocycles. The molecule has 0 unspecified atom stereocenters. The molecule has 2 atom stereocenters. The fourth-order valence-corrected chi connectivity index (χ4v) is 3.70. The van der Waals surface area contributed by atoms with E-state index in [1.165, 1.54) is 5.56 Å². The van der Waals surface area contributed by atoms with Crippen LogP contribution >= 0.6 is 0 Å². The molecule has 0 aliphatic carbocycles. The van der Waals surface area contributed by atoms with Crippen molar-refractivity contribution in [2.45, 2.75) is 31.3 Å². The molecular weight excluding hydrogens is 354 g/mol. The lowest BCUT2D eigenvalue weighted by molar-refractivity contribution is -0.122. The summed E-state index contributed by atoms with van der Waals surface area (Å²) >= 11 is 0. The predicted molar refractivity (Wildman–Crippen MR) is 104 cm³/mol.